The van der Waals surface area contributed by atoms with Crippen LogP contribution in [-0.4, -0.2) is 65.1 Å². The van der Waals surface area contributed by atoms with Gasteiger partial charge in [-0.25, -0.2) is 0 Å². The van der Waals surface area contributed by atoms with E-state index < -0.39 is 17.9 Å². The summed E-state index contributed by atoms with van der Waals surface area (Å²) in [5, 5.41) is 2.31. The predicted molar refractivity (Wildman–Crippen MR) is 101 cm³/mol. The molecule has 0 bridgehead atoms. The van der Waals surface area contributed by atoms with E-state index in [0.717, 1.165) is 16.7 Å². The molecule has 148 valence electrons. The van der Waals surface area contributed by atoms with Crippen molar-refractivity contribution in [3.8, 4) is 5.75 Å². The number of amides is 4. The molecule has 28 heavy (non-hydrogen) atoms. The summed E-state index contributed by atoms with van der Waals surface area (Å²) in [6, 6.07) is 3.86. The lowest BCUT2D eigenvalue weighted by molar-refractivity contribution is -0.127. The molecule has 1 aromatic rings. The number of ketones is 1. The molecular formula is C18H19N3O6S. The Bertz CT molecular complexity index is 855. The Morgan fingerprint density at radius 3 is 2.64 bits per heavy atom. The second kappa shape index (κ2) is 8.01. The van der Waals surface area contributed by atoms with Crippen molar-refractivity contribution in [3.05, 3.63) is 23.8 Å². The van der Waals surface area contributed by atoms with Crippen LogP contribution in [-0.2, 0) is 14.4 Å². The number of Topliss-reactive ketones (excluding diaryl/α,β-unsaturated/α-hetero) is 1. The lowest BCUT2D eigenvalue weighted by Crippen LogP contribution is -2.52. The SMILES string of the molecule is CC(=O)c1ccc2c(c1)N(C(C)C(=O)NCCN1C(=O)CSC1=O)C(=O)CO2. The largest absolute Gasteiger partial charge is 0.482 e. The fourth-order valence-corrected chi connectivity index (χ4v) is 3.72. The maximum absolute atomic E-state index is 12.5. The Morgan fingerprint density at radius 2 is 2.00 bits per heavy atom. The van der Waals surface area contributed by atoms with E-state index in [4.69, 9.17) is 4.74 Å². The van der Waals surface area contributed by atoms with Crippen molar-refractivity contribution in [1.82, 2.24) is 10.2 Å². The predicted octanol–water partition coefficient (Wildman–Crippen LogP) is 0.815. The number of thioether (sulfide) groups is 1. The minimum atomic E-state index is -0.864. The van der Waals surface area contributed by atoms with Gasteiger partial charge in [-0.2, -0.15) is 0 Å². The fraction of sp³-hybridized carbons (Fsp3) is 0.389. The van der Waals surface area contributed by atoms with Crippen LogP contribution in [0.2, 0.25) is 0 Å². The van der Waals surface area contributed by atoms with Gasteiger partial charge in [-0.15, -0.1) is 0 Å². The van der Waals surface area contributed by atoms with Crippen LogP contribution in [0.4, 0.5) is 10.5 Å². The quantitative estimate of drug-likeness (QED) is 0.697. The third-order valence-electron chi connectivity index (χ3n) is 4.49. The molecule has 1 unspecified atom stereocenters. The monoisotopic (exact) mass is 405 g/mol. The average Bonchev–Trinajstić information content (AvgIpc) is 2.98. The van der Waals surface area contributed by atoms with Crippen LogP contribution in [0.15, 0.2) is 18.2 Å². The van der Waals surface area contributed by atoms with Crippen molar-refractivity contribution in [2.75, 3.05) is 30.3 Å². The minimum absolute atomic E-state index is 0.0747. The highest BCUT2D eigenvalue weighted by molar-refractivity contribution is 8.14. The van der Waals surface area contributed by atoms with Crippen LogP contribution in [0.25, 0.3) is 0 Å². The first-order valence-corrected chi connectivity index (χ1v) is 9.63. The lowest BCUT2D eigenvalue weighted by Gasteiger charge is -2.33. The number of imide groups is 1. The van der Waals surface area contributed by atoms with Crippen molar-refractivity contribution < 1.29 is 28.7 Å². The van der Waals surface area contributed by atoms with Gasteiger partial charge in [0, 0.05) is 18.7 Å². The van der Waals surface area contributed by atoms with Crippen LogP contribution < -0.4 is 15.0 Å². The summed E-state index contributed by atoms with van der Waals surface area (Å²) >= 11 is 0.928. The van der Waals surface area contributed by atoms with E-state index >= 15 is 0 Å². The van der Waals surface area contributed by atoms with Crippen LogP contribution in [0.5, 0.6) is 5.75 Å². The van der Waals surface area contributed by atoms with E-state index in [0.29, 0.717) is 17.0 Å². The van der Waals surface area contributed by atoms with Gasteiger partial charge in [0.15, 0.2) is 12.4 Å². The normalized spacial score (nSPS) is 17.3. The molecule has 3 rings (SSSR count). The number of carbonyl (C=O) groups is 5. The van der Waals surface area contributed by atoms with Crippen LogP contribution >= 0.6 is 11.8 Å². The summed E-state index contributed by atoms with van der Waals surface area (Å²) in [5.41, 5.74) is 0.756. The third-order valence-corrected chi connectivity index (χ3v) is 5.35. The van der Waals surface area contributed by atoms with E-state index in [1.165, 1.54) is 17.9 Å². The molecule has 1 fully saturated rings. The highest BCUT2D eigenvalue weighted by Gasteiger charge is 2.34. The summed E-state index contributed by atoms with van der Waals surface area (Å²) in [4.78, 5) is 62.1. The highest BCUT2D eigenvalue weighted by atomic mass is 32.2. The minimum Gasteiger partial charge on any atom is -0.482 e. The van der Waals surface area contributed by atoms with Gasteiger partial charge in [0.25, 0.3) is 11.1 Å². The molecular weight excluding hydrogens is 386 g/mol. The van der Waals surface area contributed by atoms with E-state index in [1.807, 2.05) is 0 Å². The van der Waals surface area contributed by atoms with Gasteiger partial charge in [0.05, 0.1) is 11.4 Å². The number of nitrogens with zero attached hydrogens (tertiary/aromatic N) is 2. The Kier molecular flexibility index (Phi) is 5.68. The Hall–Kier alpha value is -2.88. The lowest BCUT2D eigenvalue weighted by atomic mass is 10.1. The zero-order valence-corrected chi connectivity index (χ0v) is 16.2. The third kappa shape index (κ3) is 3.86. The van der Waals surface area contributed by atoms with E-state index in [1.54, 1.807) is 19.1 Å². The molecule has 10 heteroatoms. The molecule has 1 saturated heterocycles. The highest BCUT2D eigenvalue weighted by Crippen LogP contribution is 2.34. The standard InChI is InChI=1S/C18H19N3O6S/c1-10(17(25)19-5-6-20-16(24)9-28-18(20)26)21-13-7-12(11(2)22)3-4-14(13)27-8-15(21)23/h3-4,7,10H,5-6,8-9H2,1-2H3,(H,19,25). The first kappa shape index (κ1) is 19.9. The number of ether oxygens (including phenoxy) is 1. The number of benzene rings is 1. The second-order valence-corrected chi connectivity index (χ2v) is 7.28. The number of nitrogens with one attached hydrogen (secondary N) is 1. The first-order valence-electron chi connectivity index (χ1n) is 8.64. The number of anilines is 1. The summed E-state index contributed by atoms with van der Waals surface area (Å²) in [5.74, 6) is -0.782. The number of fused-ring (bicyclic) bond motifs is 1. The number of hydrogen-bond acceptors (Lipinski definition) is 7. The molecule has 0 radical (unpaired) electrons. The molecule has 2 heterocycles. The van der Waals surface area contributed by atoms with Gasteiger partial charge < -0.3 is 10.1 Å². The first-order chi connectivity index (χ1) is 13.3. The molecule has 1 aromatic carbocycles. The molecule has 0 spiro atoms. The molecule has 2 aliphatic heterocycles. The van der Waals surface area contributed by atoms with Gasteiger partial charge in [-0.05, 0) is 32.0 Å². The van der Waals surface area contributed by atoms with Gasteiger partial charge in [-0.3, -0.25) is 33.8 Å². The fourth-order valence-electron chi connectivity index (χ4n) is 2.97. The van der Waals surface area contributed by atoms with Crippen LogP contribution in [0.1, 0.15) is 24.2 Å². The summed E-state index contributed by atoms with van der Waals surface area (Å²) < 4.78 is 5.38. The second-order valence-electron chi connectivity index (χ2n) is 6.36. The van der Waals surface area contributed by atoms with Crippen LogP contribution in [0.3, 0.4) is 0 Å². The van der Waals surface area contributed by atoms with Crippen molar-refractivity contribution in [2.45, 2.75) is 19.9 Å². The smallest absolute Gasteiger partial charge is 0.288 e. The number of rotatable bonds is 6. The van der Waals surface area contributed by atoms with Gasteiger partial charge >= 0.3 is 0 Å². The molecule has 9 nitrogen and oxygen atoms in total. The molecule has 1 atom stereocenters. The van der Waals surface area contributed by atoms with Gasteiger partial charge in [-0.1, -0.05) is 11.8 Å². The zero-order valence-electron chi connectivity index (χ0n) is 15.4. The molecule has 0 aliphatic carbocycles. The maximum atomic E-state index is 12.5. The molecule has 0 aromatic heterocycles. The van der Waals surface area contributed by atoms with Crippen molar-refractivity contribution in [2.24, 2.45) is 0 Å². The Balaban J connectivity index is 1.70. The maximum Gasteiger partial charge on any atom is 0.288 e. The van der Waals surface area contributed by atoms with Gasteiger partial charge in [0.1, 0.15) is 11.8 Å². The average molecular weight is 405 g/mol. The summed E-state index contributed by atoms with van der Waals surface area (Å²) in [7, 11) is 0. The Morgan fingerprint density at radius 1 is 1.25 bits per heavy atom. The Labute approximate surface area is 165 Å². The van der Waals surface area contributed by atoms with E-state index in [-0.39, 0.29) is 42.4 Å². The molecule has 0 saturated carbocycles. The topological polar surface area (TPSA) is 113 Å². The zero-order chi connectivity index (χ0) is 20.4. The van der Waals surface area contributed by atoms with E-state index in [2.05, 4.69) is 5.32 Å². The number of carbonyl (C=O) groups excluding carboxylic acids is 5. The molecule has 1 N–H and O–H groups in total. The summed E-state index contributed by atoms with van der Waals surface area (Å²) in [6.07, 6.45) is 0. The van der Waals surface area contributed by atoms with Crippen molar-refractivity contribution in [3.63, 3.8) is 0 Å². The van der Waals surface area contributed by atoms with Crippen molar-refractivity contribution in [1.29, 1.82) is 0 Å². The van der Waals surface area contributed by atoms with Crippen LogP contribution in [0, 0.1) is 0 Å². The summed E-state index contributed by atoms with van der Waals surface area (Å²) in [6.45, 7) is 2.92. The molecule has 4 amide bonds. The van der Waals surface area contributed by atoms with Gasteiger partial charge in [0.2, 0.25) is 11.8 Å². The van der Waals surface area contributed by atoms with E-state index in [9.17, 15) is 24.0 Å². The molecule has 2 aliphatic rings. The number of hydrogen-bond donors (Lipinski definition) is 1. The van der Waals surface area contributed by atoms with Crippen molar-refractivity contribution >= 4 is 46.2 Å².